The van der Waals surface area contributed by atoms with Crippen LogP contribution in [0.5, 0.6) is 5.75 Å². The molecule has 0 saturated carbocycles. The Kier molecular flexibility index (Phi) is 4.88. The lowest BCUT2D eigenvalue weighted by Crippen LogP contribution is -2.34. The largest absolute Gasteiger partial charge is 0.507 e. The lowest BCUT2D eigenvalue weighted by Gasteiger charge is -2.14. The van der Waals surface area contributed by atoms with E-state index in [0.29, 0.717) is 12.1 Å². The maximum atomic E-state index is 13.2. The van der Waals surface area contributed by atoms with E-state index in [1.54, 1.807) is 0 Å². The summed E-state index contributed by atoms with van der Waals surface area (Å²) in [6, 6.07) is 0.835. The Morgan fingerprint density at radius 1 is 1.30 bits per heavy atom. The summed E-state index contributed by atoms with van der Waals surface area (Å²) in [5.74, 6) is -4.65. The molecule has 0 unspecified atom stereocenters. The van der Waals surface area contributed by atoms with Crippen LogP contribution < -0.4 is 5.32 Å². The molecule has 0 radical (unpaired) electrons. The molecular formula is C11H10F5NO3. The van der Waals surface area contributed by atoms with Gasteiger partial charge in [0.15, 0.2) is 6.10 Å². The zero-order valence-electron chi connectivity index (χ0n) is 9.84. The van der Waals surface area contributed by atoms with Crippen molar-refractivity contribution in [1.29, 1.82) is 0 Å². The lowest BCUT2D eigenvalue weighted by molar-refractivity contribution is -0.204. The highest BCUT2D eigenvalue weighted by Gasteiger charge is 2.37. The van der Waals surface area contributed by atoms with Gasteiger partial charge in [-0.3, -0.25) is 4.79 Å². The summed E-state index contributed by atoms with van der Waals surface area (Å²) >= 11 is 0. The van der Waals surface area contributed by atoms with Crippen LogP contribution in [0.15, 0.2) is 12.1 Å². The number of alkyl halides is 3. The molecule has 9 heteroatoms. The van der Waals surface area contributed by atoms with Gasteiger partial charge in [0.2, 0.25) is 0 Å². The Labute approximate surface area is 109 Å². The van der Waals surface area contributed by atoms with Gasteiger partial charge in [0.05, 0.1) is 0 Å². The third-order valence-corrected chi connectivity index (χ3v) is 2.34. The molecule has 0 aliphatic rings. The van der Waals surface area contributed by atoms with Crippen LogP contribution in [0.25, 0.3) is 0 Å². The fourth-order valence-corrected chi connectivity index (χ4v) is 1.36. The standard InChI is InChI=1S/C11H10F5NO3/c12-5-3-6(13)9(7(18)4-5)10(20)17-2-1-8(19)11(14,15)16/h3-4,8,18-19H,1-2H2,(H,17,20)/t8-/m1/s1. The molecule has 0 heterocycles. The number of rotatable bonds is 4. The van der Waals surface area contributed by atoms with Crippen LogP contribution in [0.1, 0.15) is 16.8 Å². The van der Waals surface area contributed by atoms with Crippen molar-refractivity contribution in [3.05, 3.63) is 29.3 Å². The first-order chi connectivity index (χ1) is 9.12. The van der Waals surface area contributed by atoms with Gasteiger partial charge >= 0.3 is 6.18 Å². The number of phenols is 1. The monoisotopic (exact) mass is 299 g/mol. The van der Waals surface area contributed by atoms with Crippen molar-refractivity contribution in [3.8, 4) is 5.75 Å². The molecule has 1 amide bonds. The van der Waals surface area contributed by atoms with Crippen LogP contribution >= 0.6 is 0 Å². The first-order valence-electron chi connectivity index (χ1n) is 5.34. The molecule has 1 rings (SSSR count). The SMILES string of the molecule is O=C(NCC[C@@H](O)C(F)(F)F)c1c(O)cc(F)cc1F. The number of benzene rings is 1. The molecule has 0 fully saturated rings. The van der Waals surface area contributed by atoms with Crippen LogP contribution in [0.2, 0.25) is 0 Å². The average molecular weight is 299 g/mol. The van der Waals surface area contributed by atoms with E-state index >= 15 is 0 Å². The van der Waals surface area contributed by atoms with Crippen LogP contribution in [-0.2, 0) is 0 Å². The quantitative estimate of drug-likeness (QED) is 0.741. The van der Waals surface area contributed by atoms with Gasteiger partial charge in [0.25, 0.3) is 5.91 Å². The normalized spacial score (nSPS) is 13.1. The number of aromatic hydroxyl groups is 1. The van der Waals surface area contributed by atoms with Gasteiger partial charge in [-0.15, -0.1) is 0 Å². The topological polar surface area (TPSA) is 69.6 Å². The number of amides is 1. The van der Waals surface area contributed by atoms with Gasteiger partial charge in [0.1, 0.15) is 22.9 Å². The first-order valence-corrected chi connectivity index (χ1v) is 5.34. The molecule has 0 aliphatic carbocycles. The first kappa shape index (κ1) is 16.2. The van der Waals surface area contributed by atoms with Gasteiger partial charge < -0.3 is 15.5 Å². The van der Waals surface area contributed by atoms with E-state index in [0.717, 1.165) is 0 Å². The molecule has 1 aromatic carbocycles. The third kappa shape index (κ3) is 4.05. The predicted octanol–water partition coefficient (Wildman–Crippen LogP) is 1.71. The molecule has 3 N–H and O–H groups in total. The van der Waals surface area contributed by atoms with Gasteiger partial charge in [-0.05, 0) is 6.42 Å². The minimum Gasteiger partial charge on any atom is -0.507 e. The highest BCUT2D eigenvalue weighted by molar-refractivity contribution is 5.97. The summed E-state index contributed by atoms with van der Waals surface area (Å²) in [5, 5.41) is 19.8. The maximum Gasteiger partial charge on any atom is 0.414 e. The molecule has 4 nitrogen and oxygen atoms in total. The predicted molar refractivity (Wildman–Crippen MR) is 57.0 cm³/mol. The number of carbonyl (C=O) groups is 1. The van der Waals surface area contributed by atoms with Crippen LogP contribution in [0, 0.1) is 11.6 Å². The summed E-state index contributed by atoms with van der Waals surface area (Å²) in [5.41, 5.74) is -0.882. The second kappa shape index (κ2) is 6.04. The lowest BCUT2D eigenvalue weighted by atomic mass is 10.1. The molecule has 0 spiro atoms. The van der Waals surface area contributed by atoms with Crippen molar-refractivity contribution < 1.29 is 37.0 Å². The second-order valence-corrected chi connectivity index (χ2v) is 3.88. The summed E-state index contributed by atoms with van der Waals surface area (Å²) in [4.78, 5) is 11.4. The smallest absolute Gasteiger partial charge is 0.414 e. The molecule has 0 aromatic heterocycles. The summed E-state index contributed by atoms with van der Waals surface area (Å²) in [6.45, 7) is -0.601. The fraction of sp³-hybridized carbons (Fsp3) is 0.364. The number of nitrogens with one attached hydrogen (secondary N) is 1. The van der Waals surface area contributed by atoms with Crippen LogP contribution in [0.3, 0.4) is 0 Å². The average Bonchev–Trinajstić information content (AvgIpc) is 2.25. The molecule has 0 aliphatic heterocycles. The molecule has 1 aromatic rings. The van der Waals surface area contributed by atoms with Gasteiger partial charge in [-0.1, -0.05) is 0 Å². The van der Waals surface area contributed by atoms with E-state index in [1.165, 1.54) is 0 Å². The highest BCUT2D eigenvalue weighted by Crippen LogP contribution is 2.23. The summed E-state index contributed by atoms with van der Waals surface area (Å²) in [6.07, 6.45) is -8.29. The Morgan fingerprint density at radius 2 is 1.90 bits per heavy atom. The van der Waals surface area contributed by atoms with E-state index in [9.17, 15) is 31.9 Å². The van der Waals surface area contributed by atoms with E-state index in [-0.39, 0.29) is 0 Å². The number of hydrogen-bond donors (Lipinski definition) is 3. The van der Waals surface area contributed by atoms with Crippen molar-refractivity contribution in [3.63, 3.8) is 0 Å². The van der Waals surface area contributed by atoms with E-state index < -0.39 is 54.1 Å². The van der Waals surface area contributed by atoms with Crippen molar-refractivity contribution in [1.82, 2.24) is 5.32 Å². The zero-order chi connectivity index (χ0) is 15.5. The highest BCUT2D eigenvalue weighted by atomic mass is 19.4. The van der Waals surface area contributed by atoms with Crippen molar-refractivity contribution >= 4 is 5.91 Å². The Bertz CT molecular complexity index is 480. The molecule has 112 valence electrons. The second-order valence-electron chi connectivity index (χ2n) is 3.88. The van der Waals surface area contributed by atoms with E-state index in [4.69, 9.17) is 5.11 Å². The zero-order valence-corrected chi connectivity index (χ0v) is 9.84. The number of halogens is 5. The van der Waals surface area contributed by atoms with Crippen molar-refractivity contribution in [2.45, 2.75) is 18.7 Å². The van der Waals surface area contributed by atoms with E-state index in [1.807, 2.05) is 5.32 Å². The number of hydrogen-bond acceptors (Lipinski definition) is 3. The fourth-order valence-electron chi connectivity index (χ4n) is 1.36. The number of phenolic OH excluding ortho intramolecular Hbond substituents is 1. The van der Waals surface area contributed by atoms with E-state index in [2.05, 4.69) is 0 Å². The number of aliphatic hydroxyl groups excluding tert-OH is 1. The van der Waals surface area contributed by atoms with Gasteiger partial charge in [0, 0.05) is 18.7 Å². The Morgan fingerprint density at radius 3 is 2.40 bits per heavy atom. The van der Waals surface area contributed by atoms with Crippen LogP contribution in [-0.4, -0.2) is 34.9 Å². The maximum absolute atomic E-state index is 13.2. The van der Waals surface area contributed by atoms with Crippen LogP contribution in [0.4, 0.5) is 22.0 Å². The minimum absolute atomic E-state index is 0.346. The number of aliphatic hydroxyl groups is 1. The number of carbonyl (C=O) groups excluding carboxylic acids is 1. The molecule has 0 saturated heterocycles. The molecule has 0 bridgehead atoms. The third-order valence-electron chi connectivity index (χ3n) is 2.34. The molecule has 20 heavy (non-hydrogen) atoms. The minimum atomic E-state index is -4.83. The van der Waals surface area contributed by atoms with Gasteiger partial charge in [-0.25, -0.2) is 8.78 Å². The summed E-state index contributed by atoms with van der Waals surface area (Å²) in [7, 11) is 0. The summed E-state index contributed by atoms with van der Waals surface area (Å²) < 4.78 is 61.8. The Balaban J connectivity index is 2.65. The molecule has 1 atom stereocenters. The van der Waals surface area contributed by atoms with Crippen molar-refractivity contribution in [2.75, 3.05) is 6.54 Å². The van der Waals surface area contributed by atoms with Crippen molar-refractivity contribution in [2.24, 2.45) is 0 Å². The Hall–Kier alpha value is -1.90. The molecular weight excluding hydrogens is 289 g/mol. The van der Waals surface area contributed by atoms with Gasteiger partial charge in [-0.2, -0.15) is 13.2 Å².